The topological polar surface area (TPSA) is 20.3 Å². The zero-order valence-corrected chi connectivity index (χ0v) is 12.1. The van der Waals surface area contributed by atoms with Crippen molar-refractivity contribution in [2.45, 2.75) is 18.9 Å². The van der Waals surface area contributed by atoms with Gasteiger partial charge in [0.15, 0.2) is 0 Å². The minimum atomic E-state index is 0.166. The smallest absolute Gasteiger partial charge is 0.265 e. The van der Waals surface area contributed by atoms with Crippen molar-refractivity contribution in [1.82, 2.24) is 4.90 Å². The first-order valence-corrected chi connectivity index (χ1v) is 7.63. The molecule has 1 amide bonds. The maximum absolute atomic E-state index is 12.2. The number of hydrogen-bond donors (Lipinski definition) is 0. The molecule has 0 unspecified atom stereocenters. The van der Waals surface area contributed by atoms with Crippen LogP contribution in [0.25, 0.3) is 0 Å². The molecule has 1 saturated carbocycles. The number of nitrogens with zero attached hydrogens (tertiary/aromatic N) is 1. The van der Waals surface area contributed by atoms with Gasteiger partial charge in [0.1, 0.15) is 4.88 Å². The summed E-state index contributed by atoms with van der Waals surface area (Å²) in [6.45, 7) is 0.799. The minimum Gasteiger partial charge on any atom is -0.334 e. The molecule has 0 radical (unpaired) electrons. The van der Waals surface area contributed by atoms with Gasteiger partial charge in [0, 0.05) is 22.4 Å². The maximum atomic E-state index is 12.2. The molecule has 2 nitrogen and oxygen atoms in total. The summed E-state index contributed by atoms with van der Waals surface area (Å²) in [6, 6.07) is 2.40. The van der Waals surface area contributed by atoms with Crippen LogP contribution in [0.15, 0.2) is 15.9 Å². The highest BCUT2D eigenvalue weighted by Gasteiger charge is 2.33. The van der Waals surface area contributed by atoms with Gasteiger partial charge in [-0.05, 0) is 40.2 Å². The molecule has 0 aliphatic heterocycles. The fourth-order valence-electron chi connectivity index (χ4n) is 1.50. The summed E-state index contributed by atoms with van der Waals surface area (Å²) in [7, 11) is 0. The Balaban J connectivity index is 2.14. The van der Waals surface area contributed by atoms with E-state index in [1.54, 1.807) is 0 Å². The van der Waals surface area contributed by atoms with Crippen LogP contribution in [0.4, 0.5) is 0 Å². The molecule has 0 atom stereocenters. The highest BCUT2D eigenvalue weighted by molar-refractivity contribution is 9.10. The number of carbonyl (C=O) groups is 1. The number of halogens is 2. The first kappa shape index (κ1) is 11.6. The number of rotatable bonds is 4. The van der Waals surface area contributed by atoms with Crippen LogP contribution in [0.3, 0.4) is 0 Å². The van der Waals surface area contributed by atoms with Gasteiger partial charge in [0.2, 0.25) is 0 Å². The molecule has 1 aromatic heterocycles. The monoisotopic (exact) mass is 351 g/mol. The van der Waals surface area contributed by atoms with Crippen molar-refractivity contribution in [3.05, 3.63) is 20.8 Å². The number of hydrogen-bond acceptors (Lipinski definition) is 2. The number of carbonyl (C=O) groups excluding carboxylic acids is 1. The summed E-state index contributed by atoms with van der Waals surface area (Å²) in [6.07, 6.45) is 2.31. The zero-order chi connectivity index (χ0) is 10.8. The van der Waals surface area contributed by atoms with Gasteiger partial charge in [0.25, 0.3) is 5.91 Å². The van der Waals surface area contributed by atoms with Crippen LogP contribution in [-0.2, 0) is 0 Å². The molecule has 1 fully saturated rings. The third-order valence-corrected chi connectivity index (χ3v) is 4.57. The van der Waals surface area contributed by atoms with Gasteiger partial charge in [-0.2, -0.15) is 0 Å². The quantitative estimate of drug-likeness (QED) is 0.759. The number of alkyl halides is 1. The summed E-state index contributed by atoms with van der Waals surface area (Å²) in [5.41, 5.74) is 0. The lowest BCUT2D eigenvalue weighted by atomic mass is 10.3. The normalized spacial score (nSPS) is 15.3. The Morgan fingerprint density at radius 3 is 2.80 bits per heavy atom. The summed E-state index contributed by atoms with van der Waals surface area (Å²) in [5.74, 6) is 0.166. The van der Waals surface area contributed by atoms with Crippen LogP contribution in [0.1, 0.15) is 22.5 Å². The molecule has 0 saturated heterocycles. The first-order valence-electron chi connectivity index (χ1n) is 4.84. The first-order chi connectivity index (χ1) is 7.24. The van der Waals surface area contributed by atoms with Crippen molar-refractivity contribution in [3.8, 4) is 0 Å². The molecule has 1 aromatic rings. The molecule has 82 valence electrons. The van der Waals surface area contributed by atoms with Crippen LogP contribution in [-0.4, -0.2) is 28.7 Å². The van der Waals surface area contributed by atoms with Crippen molar-refractivity contribution in [3.63, 3.8) is 0 Å². The van der Waals surface area contributed by atoms with Gasteiger partial charge in [-0.15, -0.1) is 11.3 Å². The number of amides is 1. The average Bonchev–Trinajstić information content (AvgIpc) is 2.97. The molecule has 1 heterocycles. The van der Waals surface area contributed by atoms with E-state index in [0.717, 1.165) is 34.1 Å². The fraction of sp³-hybridized carbons (Fsp3) is 0.500. The molecule has 2 rings (SSSR count). The fourth-order valence-corrected chi connectivity index (χ4v) is 3.38. The van der Waals surface area contributed by atoms with E-state index in [2.05, 4.69) is 31.9 Å². The van der Waals surface area contributed by atoms with E-state index in [0.29, 0.717) is 6.04 Å². The van der Waals surface area contributed by atoms with E-state index in [9.17, 15) is 4.79 Å². The molecule has 1 aliphatic rings. The van der Waals surface area contributed by atoms with Crippen molar-refractivity contribution in [2.75, 3.05) is 11.9 Å². The molecule has 0 N–H and O–H groups in total. The van der Waals surface area contributed by atoms with Gasteiger partial charge in [-0.3, -0.25) is 4.79 Å². The predicted molar refractivity (Wildman–Crippen MR) is 69.9 cm³/mol. The lowest BCUT2D eigenvalue weighted by molar-refractivity contribution is 0.0759. The SMILES string of the molecule is O=C(c1sccc1Br)N(CCBr)C1CC1. The molecular formula is C10H11Br2NOS. The predicted octanol–water partition coefficient (Wildman–Crippen LogP) is 3.51. The Morgan fingerprint density at radius 2 is 2.33 bits per heavy atom. The van der Waals surface area contributed by atoms with Crippen molar-refractivity contribution in [2.24, 2.45) is 0 Å². The van der Waals surface area contributed by atoms with Crippen molar-refractivity contribution < 1.29 is 4.79 Å². The highest BCUT2D eigenvalue weighted by Crippen LogP contribution is 2.31. The molecule has 0 bridgehead atoms. The van der Waals surface area contributed by atoms with E-state index in [1.807, 2.05) is 16.3 Å². The zero-order valence-electron chi connectivity index (χ0n) is 8.08. The van der Waals surface area contributed by atoms with Crippen molar-refractivity contribution in [1.29, 1.82) is 0 Å². The molecule has 0 spiro atoms. The molecule has 1 aliphatic carbocycles. The maximum Gasteiger partial charge on any atom is 0.265 e. The Bertz CT molecular complexity index is 362. The lowest BCUT2D eigenvalue weighted by Crippen LogP contribution is -2.34. The van der Waals surface area contributed by atoms with Crippen LogP contribution in [0.2, 0.25) is 0 Å². The second kappa shape index (κ2) is 4.97. The minimum absolute atomic E-state index is 0.166. The van der Waals surface area contributed by atoms with Crippen LogP contribution in [0.5, 0.6) is 0 Å². The van der Waals surface area contributed by atoms with E-state index >= 15 is 0 Å². The Morgan fingerprint density at radius 1 is 1.60 bits per heavy atom. The highest BCUT2D eigenvalue weighted by atomic mass is 79.9. The summed E-state index contributed by atoms with van der Waals surface area (Å²) in [4.78, 5) is 15.0. The third-order valence-electron chi connectivity index (χ3n) is 2.39. The molecule has 5 heteroatoms. The second-order valence-corrected chi connectivity index (χ2v) is 6.08. The molecule has 0 aromatic carbocycles. The lowest BCUT2D eigenvalue weighted by Gasteiger charge is -2.20. The van der Waals surface area contributed by atoms with Gasteiger partial charge in [-0.25, -0.2) is 0 Å². The standard InChI is InChI=1S/C10H11Br2NOS/c11-4-5-13(7-1-2-7)10(14)9-8(12)3-6-15-9/h3,6-7H,1-2,4-5H2. The Hall–Kier alpha value is 0.130. The third kappa shape index (κ3) is 2.63. The number of thiophene rings is 1. The van der Waals surface area contributed by atoms with Crippen LogP contribution < -0.4 is 0 Å². The summed E-state index contributed by atoms with van der Waals surface area (Å²) in [5, 5.41) is 2.79. The van der Waals surface area contributed by atoms with E-state index in [4.69, 9.17) is 0 Å². The van der Waals surface area contributed by atoms with Gasteiger partial charge >= 0.3 is 0 Å². The largest absolute Gasteiger partial charge is 0.334 e. The van der Waals surface area contributed by atoms with Gasteiger partial charge in [-0.1, -0.05) is 15.9 Å². The Kier molecular flexibility index (Phi) is 3.85. The van der Waals surface area contributed by atoms with E-state index in [-0.39, 0.29) is 5.91 Å². The van der Waals surface area contributed by atoms with Gasteiger partial charge in [0.05, 0.1) is 0 Å². The van der Waals surface area contributed by atoms with Gasteiger partial charge < -0.3 is 4.90 Å². The van der Waals surface area contributed by atoms with Crippen LogP contribution in [0, 0.1) is 0 Å². The van der Waals surface area contributed by atoms with E-state index in [1.165, 1.54) is 11.3 Å². The van der Waals surface area contributed by atoms with Crippen LogP contribution >= 0.6 is 43.2 Å². The molecule has 15 heavy (non-hydrogen) atoms. The van der Waals surface area contributed by atoms with E-state index < -0.39 is 0 Å². The summed E-state index contributed by atoms with van der Waals surface area (Å²) >= 11 is 8.30. The summed E-state index contributed by atoms with van der Waals surface area (Å²) < 4.78 is 0.915. The Labute approximate surface area is 110 Å². The second-order valence-electron chi connectivity index (χ2n) is 3.52. The average molecular weight is 353 g/mol. The van der Waals surface area contributed by atoms with Crippen molar-refractivity contribution >= 4 is 49.1 Å². The molecular weight excluding hydrogens is 342 g/mol.